The molecule has 1 fully saturated rings. The van der Waals surface area contributed by atoms with Gasteiger partial charge in [0.25, 0.3) is 0 Å². The van der Waals surface area contributed by atoms with Gasteiger partial charge in [-0.1, -0.05) is 50.6 Å². The number of nitrogens with zero attached hydrogens (tertiary/aromatic N) is 1. The molecule has 6 nitrogen and oxygen atoms in total. The summed E-state index contributed by atoms with van der Waals surface area (Å²) in [5, 5.41) is 3.06. The minimum absolute atomic E-state index is 0.00557. The molecule has 5 atom stereocenters. The summed E-state index contributed by atoms with van der Waals surface area (Å²) in [4.78, 5) is 40.4. The smallest absolute Gasteiger partial charge is 0.323 e. The van der Waals surface area contributed by atoms with Crippen molar-refractivity contribution in [1.29, 1.82) is 0 Å². The van der Waals surface area contributed by atoms with Gasteiger partial charge in [0, 0.05) is 37.9 Å². The zero-order valence-corrected chi connectivity index (χ0v) is 22.1. The lowest BCUT2D eigenvalue weighted by molar-refractivity contribution is -0.161. The number of Topliss-reactive ketones (excluding diaryl/α,β-unsaturated/α-hetero) is 1. The summed E-state index contributed by atoms with van der Waals surface area (Å²) in [7, 11) is 0. The molecule has 1 saturated heterocycles. The van der Waals surface area contributed by atoms with E-state index in [9.17, 15) is 14.4 Å². The minimum Gasteiger partial charge on any atom is -0.459 e. The number of benzene rings is 1. The fraction of sp³-hybridized carbons (Fsp3) is 0.679. The number of hydrogen-bond donors (Lipinski definition) is 1. The lowest BCUT2D eigenvalue weighted by Gasteiger charge is -2.35. The highest BCUT2D eigenvalue weighted by molar-refractivity contribution is 5.84. The Morgan fingerprint density at radius 2 is 1.79 bits per heavy atom. The van der Waals surface area contributed by atoms with Crippen LogP contribution in [-0.2, 0) is 25.7 Å². The highest BCUT2D eigenvalue weighted by atomic mass is 16.6. The molecular weight excluding hydrogens is 428 g/mol. The third kappa shape index (κ3) is 7.93. The van der Waals surface area contributed by atoms with Crippen molar-refractivity contribution >= 4 is 17.7 Å². The van der Waals surface area contributed by atoms with E-state index in [1.165, 1.54) is 0 Å². The molecule has 34 heavy (non-hydrogen) atoms. The molecule has 0 aromatic heterocycles. The van der Waals surface area contributed by atoms with Crippen molar-refractivity contribution in [3.8, 4) is 0 Å². The number of carbonyl (C=O) groups is 3. The molecule has 1 aliphatic heterocycles. The first-order chi connectivity index (χ1) is 16.0. The van der Waals surface area contributed by atoms with Gasteiger partial charge in [0.15, 0.2) is 0 Å². The largest absolute Gasteiger partial charge is 0.459 e. The monoisotopic (exact) mass is 472 g/mol. The molecule has 6 heteroatoms. The Hall–Kier alpha value is -2.21. The van der Waals surface area contributed by atoms with Crippen LogP contribution in [0.15, 0.2) is 30.3 Å². The number of likely N-dealkylation sites (tertiary alicyclic amines) is 1. The van der Waals surface area contributed by atoms with Crippen LogP contribution in [-0.4, -0.2) is 46.3 Å². The molecule has 1 amide bonds. The van der Waals surface area contributed by atoms with Crippen LogP contribution in [0.5, 0.6) is 0 Å². The van der Waals surface area contributed by atoms with E-state index in [4.69, 9.17) is 4.74 Å². The van der Waals surface area contributed by atoms with Crippen LogP contribution in [0.4, 0.5) is 0 Å². The molecule has 0 bridgehead atoms. The Kier molecular flexibility index (Phi) is 10.3. The van der Waals surface area contributed by atoms with Gasteiger partial charge in [-0.3, -0.25) is 19.3 Å². The Balaban J connectivity index is 2.44. The quantitative estimate of drug-likeness (QED) is 0.464. The van der Waals surface area contributed by atoms with Crippen LogP contribution < -0.4 is 5.32 Å². The van der Waals surface area contributed by atoms with Crippen molar-refractivity contribution in [2.24, 2.45) is 11.8 Å². The topological polar surface area (TPSA) is 75.7 Å². The number of ether oxygens (including phenoxy) is 1. The molecule has 1 aliphatic rings. The van der Waals surface area contributed by atoms with Crippen LogP contribution in [0.25, 0.3) is 0 Å². The molecule has 0 aliphatic carbocycles. The summed E-state index contributed by atoms with van der Waals surface area (Å²) in [6.07, 6.45) is 3.61. The molecule has 1 N–H and O–H groups in total. The zero-order chi connectivity index (χ0) is 25.5. The molecule has 2 unspecified atom stereocenters. The maximum atomic E-state index is 13.3. The van der Waals surface area contributed by atoms with Crippen molar-refractivity contribution in [2.45, 2.75) is 111 Å². The van der Waals surface area contributed by atoms with Crippen molar-refractivity contribution < 1.29 is 19.1 Å². The van der Waals surface area contributed by atoms with Crippen molar-refractivity contribution in [2.75, 3.05) is 0 Å². The Morgan fingerprint density at radius 3 is 2.32 bits per heavy atom. The van der Waals surface area contributed by atoms with Crippen LogP contribution in [0, 0.1) is 11.8 Å². The summed E-state index contributed by atoms with van der Waals surface area (Å²) in [5.41, 5.74) is 0.510. The number of amides is 1. The van der Waals surface area contributed by atoms with E-state index >= 15 is 0 Å². The van der Waals surface area contributed by atoms with Crippen molar-refractivity contribution in [1.82, 2.24) is 10.2 Å². The van der Waals surface area contributed by atoms with E-state index in [-0.39, 0.29) is 41.6 Å². The summed E-state index contributed by atoms with van der Waals surface area (Å²) in [6.45, 7) is 13.8. The first-order valence-corrected chi connectivity index (χ1v) is 12.8. The number of nitrogens with one attached hydrogen (secondary N) is 1. The van der Waals surface area contributed by atoms with Gasteiger partial charge in [0.1, 0.15) is 17.4 Å². The highest BCUT2D eigenvalue weighted by Gasteiger charge is 2.48. The van der Waals surface area contributed by atoms with E-state index in [0.717, 1.165) is 24.8 Å². The SMILES string of the molecule is CCCC(C[C@@H]1[C@H](C(=O)CC)C[C@H](C(=O)OC(C)(C)C)N1Cc1ccccc1)C(C)NC(C)=O. The molecular formula is C28H44N2O4. The van der Waals surface area contributed by atoms with Crippen LogP contribution >= 0.6 is 0 Å². The molecule has 1 aromatic carbocycles. The standard InChI is InChI=1S/C28H44N2O4/c1-8-13-22(19(3)29-20(4)31)16-24-23(26(32)9-2)17-25(27(33)34-28(5,6)7)30(24)18-21-14-11-10-12-15-21/h10-12,14-15,19,22-25H,8-9,13,16-18H2,1-7H3,(H,29,31)/t19?,22?,23-,24-,25-/m1/s1. The average Bonchev–Trinajstić information content (AvgIpc) is 3.10. The van der Waals surface area contributed by atoms with Gasteiger partial charge in [-0.05, 0) is 58.4 Å². The van der Waals surface area contributed by atoms with Gasteiger partial charge in [-0.25, -0.2) is 0 Å². The van der Waals surface area contributed by atoms with Gasteiger partial charge in [0.2, 0.25) is 5.91 Å². The van der Waals surface area contributed by atoms with Gasteiger partial charge in [0.05, 0.1) is 0 Å². The molecule has 0 spiro atoms. The van der Waals surface area contributed by atoms with E-state index in [2.05, 4.69) is 29.3 Å². The summed E-state index contributed by atoms with van der Waals surface area (Å²) in [5.74, 6) is -0.135. The third-order valence-electron chi connectivity index (χ3n) is 6.76. The normalized spacial score (nSPS) is 22.7. The maximum absolute atomic E-state index is 13.3. The zero-order valence-electron chi connectivity index (χ0n) is 22.1. The van der Waals surface area contributed by atoms with Gasteiger partial charge >= 0.3 is 5.97 Å². The van der Waals surface area contributed by atoms with Crippen molar-refractivity contribution in [3.63, 3.8) is 0 Å². The van der Waals surface area contributed by atoms with E-state index in [0.29, 0.717) is 19.4 Å². The second kappa shape index (κ2) is 12.5. The molecule has 0 saturated carbocycles. The molecule has 0 radical (unpaired) electrons. The van der Waals surface area contributed by atoms with Crippen molar-refractivity contribution in [3.05, 3.63) is 35.9 Å². The molecule has 190 valence electrons. The number of esters is 1. The van der Waals surface area contributed by atoms with Gasteiger partial charge in [-0.2, -0.15) is 0 Å². The second-order valence-electron chi connectivity index (χ2n) is 10.7. The predicted octanol–water partition coefficient (Wildman–Crippen LogP) is 4.90. The van der Waals surface area contributed by atoms with Crippen LogP contribution in [0.1, 0.15) is 86.1 Å². The van der Waals surface area contributed by atoms with E-state index < -0.39 is 11.6 Å². The number of ketones is 1. The molecule has 2 rings (SSSR count). The third-order valence-corrected chi connectivity index (χ3v) is 6.76. The minimum atomic E-state index is -0.595. The van der Waals surface area contributed by atoms with Gasteiger partial charge in [-0.15, -0.1) is 0 Å². The predicted molar refractivity (Wildman–Crippen MR) is 135 cm³/mol. The highest BCUT2D eigenvalue weighted by Crippen LogP contribution is 2.38. The maximum Gasteiger partial charge on any atom is 0.323 e. The summed E-state index contributed by atoms with van der Waals surface area (Å²) >= 11 is 0. The fourth-order valence-corrected chi connectivity index (χ4v) is 5.22. The lowest BCUT2D eigenvalue weighted by Crippen LogP contribution is -2.46. The lowest BCUT2D eigenvalue weighted by atomic mass is 9.82. The second-order valence-corrected chi connectivity index (χ2v) is 10.7. The van der Waals surface area contributed by atoms with Crippen LogP contribution in [0.2, 0.25) is 0 Å². The Morgan fingerprint density at radius 1 is 1.15 bits per heavy atom. The number of rotatable bonds is 11. The Bertz CT molecular complexity index is 817. The summed E-state index contributed by atoms with van der Waals surface area (Å²) in [6, 6.07) is 9.53. The number of carbonyl (C=O) groups excluding carboxylic acids is 3. The Labute approximate surface area is 205 Å². The van der Waals surface area contributed by atoms with E-state index in [1.807, 2.05) is 52.8 Å². The first-order valence-electron chi connectivity index (χ1n) is 12.8. The molecule has 1 heterocycles. The van der Waals surface area contributed by atoms with Crippen LogP contribution in [0.3, 0.4) is 0 Å². The van der Waals surface area contributed by atoms with E-state index in [1.54, 1.807) is 6.92 Å². The first kappa shape index (κ1) is 28.0. The summed E-state index contributed by atoms with van der Waals surface area (Å²) < 4.78 is 5.80. The van der Waals surface area contributed by atoms with Gasteiger partial charge < -0.3 is 10.1 Å². The fourth-order valence-electron chi connectivity index (χ4n) is 5.22. The average molecular weight is 473 g/mol. The number of hydrogen-bond acceptors (Lipinski definition) is 5. The molecule has 1 aromatic rings.